The van der Waals surface area contributed by atoms with Gasteiger partial charge in [0.2, 0.25) is 0 Å². The van der Waals surface area contributed by atoms with Crippen molar-refractivity contribution in [1.82, 2.24) is 0 Å². The number of hydrogen-bond donors (Lipinski definition) is 0. The van der Waals surface area contributed by atoms with Crippen molar-refractivity contribution in [1.29, 1.82) is 0 Å². The molecule has 0 N–H and O–H groups in total. The maximum atomic E-state index is 11.5. The monoisotopic (exact) mass is 330 g/mol. The first-order chi connectivity index (χ1) is 11.0. The van der Waals surface area contributed by atoms with Gasteiger partial charge in [0.25, 0.3) is 0 Å². The zero-order valence-electron chi connectivity index (χ0n) is 14.5. The van der Waals surface area contributed by atoms with Crippen LogP contribution in [0.4, 0.5) is 0 Å². The van der Waals surface area contributed by atoms with Crippen LogP contribution < -0.4 is 0 Å². The van der Waals surface area contributed by atoms with Crippen LogP contribution in [0, 0.1) is 5.92 Å². The Morgan fingerprint density at radius 2 is 1.39 bits per heavy atom. The Balaban J connectivity index is 2.01. The first-order valence-electron chi connectivity index (χ1n) is 8.56. The van der Waals surface area contributed by atoms with Crippen LogP contribution in [0.25, 0.3) is 0 Å². The second kappa shape index (κ2) is 11.4. The summed E-state index contributed by atoms with van der Waals surface area (Å²) in [6.45, 7) is 6.76. The molecule has 0 heterocycles. The Bertz CT molecular complexity index is 349. The highest BCUT2D eigenvalue weighted by molar-refractivity contribution is 5.71. The van der Waals surface area contributed by atoms with Crippen LogP contribution >= 0.6 is 0 Å². The van der Waals surface area contributed by atoms with Gasteiger partial charge in [0, 0.05) is 6.92 Å². The van der Waals surface area contributed by atoms with Gasteiger partial charge < -0.3 is 18.9 Å². The van der Waals surface area contributed by atoms with Crippen LogP contribution in [0.3, 0.4) is 0 Å². The predicted octanol–water partition coefficient (Wildman–Crippen LogP) is 2.48. The molecule has 1 rings (SSSR count). The van der Waals surface area contributed by atoms with E-state index in [-0.39, 0.29) is 30.1 Å². The molecule has 1 fully saturated rings. The van der Waals surface area contributed by atoms with Crippen molar-refractivity contribution in [3.63, 3.8) is 0 Å². The molecule has 0 amide bonds. The highest BCUT2D eigenvalue weighted by Gasteiger charge is 2.22. The van der Waals surface area contributed by atoms with E-state index in [0.717, 1.165) is 32.1 Å². The predicted molar refractivity (Wildman–Crippen MR) is 85.0 cm³/mol. The lowest BCUT2D eigenvalue weighted by atomic mass is 9.95. The van der Waals surface area contributed by atoms with E-state index in [9.17, 15) is 9.59 Å². The van der Waals surface area contributed by atoms with E-state index < -0.39 is 0 Å². The summed E-state index contributed by atoms with van der Waals surface area (Å²) in [7, 11) is 0. The van der Waals surface area contributed by atoms with Crippen molar-refractivity contribution in [2.75, 3.05) is 26.4 Å². The molecule has 0 spiro atoms. The highest BCUT2D eigenvalue weighted by atomic mass is 16.6. The van der Waals surface area contributed by atoms with E-state index in [1.807, 2.05) is 13.8 Å². The maximum Gasteiger partial charge on any atom is 0.308 e. The molecule has 1 unspecified atom stereocenters. The topological polar surface area (TPSA) is 71.1 Å². The van der Waals surface area contributed by atoms with Crippen molar-refractivity contribution in [3.8, 4) is 0 Å². The van der Waals surface area contributed by atoms with Gasteiger partial charge in [0.05, 0.1) is 31.3 Å². The fraction of sp³-hybridized carbons (Fsp3) is 0.882. The van der Waals surface area contributed by atoms with Crippen LogP contribution in [0.2, 0.25) is 0 Å². The SMILES string of the molecule is CCC(C)C(=O)OCCOC1CCC(OCCOC(C)=O)CC1. The van der Waals surface area contributed by atoms with Gasteiger partial charge in [-0.25, -0.2) is 0 Å². The summed E-state index contributed by atoms with van der Waals surface area (Å²) in [6.07, 6.45) is 4.99. The van der Waals surface area contributed by atoms with Crippen LogP contribution in [0.1, 0.15) is 52.9 Å². The zero-order valence-corrected chi connectivity index (χ0v) is 14.5. The largest absolute Gasteiger partial charge is 0.463 e. The van der Waals surface area contributed by atoms with Gasteiger partial charge >= 0.3 is 11.9 Å². The van der Waals surface area contributed by atoms with Crippen molar-refractivity contribution in [2.45, 2.75) is 65.1 Å². The molecule has 134 valence electrons. The van der Waals surface area contributed by atoms with E-state index in [2.05, 4.69) is 0 Å². The highest BCUT2D eigenvalue weighted by Crippen LogP contribution is 2.23. The van der Waals surface area contributed by atoms with E-state index in [0.29, 0.717) is 26.4 Å². The van der Waals surface area contributed by atoms with Crippen LogP contribution in [-0.2, 0) is 28.5 Å². The number of hydrogen-bond acceptors (Lipinski definition) is 6. The van der Waals surface area contributed by atoms with Crippen molar-refractivity contribution < 1.29 is 28.5 Å². The first kappa shape index (κ1) is 19.9. The minimum absolute atomic E-state index is 0.0467. The maximum absolute atomic E-state index is 11.5. The number of esters is 2. The third-order valence-electron chi connectivity index (χ3n) is 4.06. The molecule has 1 aliphatic rings. The Morgan fingerprint density at radius 1 is 0.913 bits per heavy atom. The molecule has 6 heteroatoms. The Labute approximate surface area is 138 Å². The van der Waals surface area contributed by atoms with Gasteiger partial charge in [-0.15, -0.1) is 0 Å². The molecule has 6 nitrogen and oxygen atoms in total. The number of carbonyl (C=O) groups excluding carboxylic acids is 2. The number of rotatable bonds is 10. The standard InChI is InChI=1S/C17H30O6/c1-4-13(2)17(19)23-12-11-22-16-7-5-15(6-8-16)21-10-9-20-14(3)18/h13,15-16H,4-12H2,1-3H3. The molecule has 0 aromatic rings. The average molecular weight is 330 g/mol. The zero-order chi connectivity index (χ0) is 17.1. The number of ether oxygens (including phenoxy) is 4. The third kappa shape index (κ3) is 8.91. The normalized spacial score (nSPS) is 22.4. The Morgan fingerprint density at radius 3 is 1.83 bits per heavy atom. The van der Waals surface area contributed by atoms with Gasteiger partial charge in [0.1, 0.15) is 13.2 Å². The molecule has 1 aliphatic carbocycles. The van der Waals surface area contributed by atoms with Crippen LogP contribution in [-0.4, -0.2) is 50.6 Å². The van der Waals surface area contributed by atoms with Gasteiger partial charge in [-0.1, -0.05) is 13.8 Å². The first-order valence-corrected chi connectivity index (χ1v) is 8.56. The molecule has 1 atom stereocenters. The van der Waals surface area contributed by atoms with Gasteiger partial charge in [-0.3, -0.25) is 9.59 Å². The molecular weight excluding hydrogens is 300 g/mol. The van der Waals surface area contributed by atoms with E-state index in [1.165, 1.54) is 6.92 Å². The van der Waals surface area contributed by atoms with E-state index >= 15 is 0 Å². The second-order valence-electron chi connectivity index (χ2n) is 5.96. The molecule has 0 aromatic heterocycles. The van der Waals surface area contributed by atoms with Crippen molar-refractivity contribution >= 4 is 11.9 Å². The van der Waals surface area contributed by atoms with Crippen molar-refractivity contribution in [2.24, 2.45) is 5.92 Å². The Kier molecular flexibility index (Phi) is 9.87. The fourth-order valence-corrected chi connectivity index (χ4v) is 2.43. The summed E-state index contributed by atoms with van der Waals surface area (Å²) in [4.78, 5) is 22.1. The minimum atomic E-state index is -0.278. The summed E-state index contributed by atoms with van der Waals surface area (Å²) >= 11 is 0. The van der Waals surface area contributed by atoms with Crippen molar-refractivity contribution in [3.05, 3.63) is 0 Å². The second-order valence-corrected chi connectivity index (χ2v) is 5.96. The Hall–Kier alpha value is -1.14. The molecule has 0 bridgehead atoms. The molecule has 1 saturated carbocycles. The lowest BCUT2D eigenvalue weighted by Gasteiger charge is -2.28. The fourth-order valence-electron chi connectivity index (χ4n) is 2.43. The molecule has 0 radical (unpaired) electrons. The quantitative estimate of drug-likeness (QED) is 0.453. The van der Waals surface area contributed by atoms with Crippen LogP contribution in [0.15, 0.2) is 0 Å². The van der Waals surface area contributed by atoms with Gasteiger partial charge in [0.15, 0.2) is 0 Å². The van der Waals surface area contributed by atoms with Crippen LogP contribution in [0.5, 0.6) is 0 Å². The lowest BCUT2D eigenvalue weighted by Crippen LogP contribution is -2.28. The van der Waals surface area contributed by atoms with Gasteiger partial charge in [-0.2, -0.15) is 0 Å². The molecule has 0 aromatic carbocycles. The van der Waals surface area contributed by atoms with E-state index in [1.54, 1.807) is 0 Å². The average Bonchev–Trinajstić information content (AvgIpc) is 2.55. The van der Waals surface area contributed by atoms with Gasteiger partial charge in [-0.05, 0) is 32.1 Å². The molecule has 0 aliphatic heterocycles. The molecule has 23 heavy (non-hydrogen) atoms. The summed E-state index contributed by atoms with van der Waals surface area (Å²) in [6, 6.07) is 0. The summed E-state index contributed by atoms with van der Waals surface area (Å²) in [5, 5.41) is 0. The summed E-state index contributed by atoms with van der Waals surface area (Å²) < 4.78 is 21.4. The smallest absolute Gasteiger partial charge is 0.308 e. The minimum Gasteiger partial charge on any atom is -0.463 e. The molecule has 0 saturated heterocycles. The van der Waals surface area contributed by atoms with E-state index in [4.69, 9.17) is 18.9 Å². The number of carbonyl (C=O) groups is 2. The summed E-state index contributed by atoms with van der Waals surface area (Å²) in [5.74, 6) is -0.477. The molecular formula is C17H30O6. The third-order valence-corrected chi connectivity index (χ3v) is 4.06. The summed E-state index contributed by atoms with van der Waals surface area (Å²) in [5.41, 5.74) is 0. The lowest BCUT2D eigenvalue weighted by molar-refractivity contribution is -0.151.